The number of nitro benzene ring substituents is 1. The smallest absolute Gasteiger partial charge is 0.258 e. The van der Waals surface area contributed by atoms with Crippen molar-refractivity contribution in [3.05, 3.63) is 33.9 Å². The molecule has 0 aliphatic rings. The minimum Gasteiger partial charge on any atom is -0.258 e. The Balaban J connectivity index is 3.43. The zero-order valence-electron chi connectivity index (χ0n) is 8.81. The Morgan fingerprint density at radius 1 is 1.47 bits per heavy atom. The second-order valence-electron chi connectivity index (χ2n) is 3.03. The first-order valence-corrected chi connectivity index (χ1v) is 6.89. The van der Waals surface area contributed by atoms with Crippen LogP contribution in [0.3, 0.4) is 0 Å². The molecule has 0 fully saturated rings. The van der Waals surface area contributed by atoms with Crippen LogP contribution in [-0.2, 0) is 9.05 Å². The van der Waals surface area contributed by atoms with Gasteiger partial charge in [-0.15, -0.1) is 0 Å². The number of hydrogen-bond donors (Lipinski definition) is 0. The molecule has 0 N–H and O–H groups in total. The molecule has 0 aliphatic heterocycles. The summed E-state index contributed by atoms with van der Waals surface area (Å²) in [7, 11) is 1.13. The average molecular weight is 274 g/mol. The van der Waals surface area contributed by atoms with Gasteiger partial charge >= 0.3 is 0 Å². The molecule has 0 amide bonds. The normalized spacial score (nSPS) is 10.5. The molecule has 0 bridgehead atoms. The van der Waals surface area contributed by atoms with Gasteiger partial charge < -0.3 is 0 Å². The Morgan fingerprint density at radius 2 is 2.12 bits per heavy atom. The monoisotopic (exact) mass is 273 g/mol. The summed E-state index contributed by atoms with van der Waals surface area (Å²) in [6.07, 6.45) is 0.548. The Morgan fingerprint density at radius 3 is 2.59 bits per heavy atom. The summed E-state index contributed by atoms with van der Waals surface area (Å²) in [5.41, 5.74) is -0.200. The van der Waals surface area contributed by atoms with E-state index in [1.54, 1.807) is 6.92 Å². The lowest BCUT2D eigenvalue weighted by Crippen LogP contribution is -1.97. The van der Waals surface area contributed by atoms with Gasteiger partial charge in [-0.1, -0.05) is 18.8 Å². The summed E-state index contributed by atoms with van der Waals surface area (Å²) >= 11 is 0. The molecule has 0 atom stereocenters. The topological polar surface area (TPSA) is 77.3 Å². The van der Waals surface area contributed by atoms with Crippen LogP contribution < -0.4 is 0 Å². The van der Waals surface area contributed by atoms with Gasteiger partial charge in [-0.2, -0.15) is 0 Å². The molecule has 0 unspecified atom stereocenters. The maximum atomic E-state index is 11.0. The van der Waals surface area contributed by atoms with Gasteiger partial charge in [0, 0.05) is 23.2 Å². The van der Waals surface area contributed by atoms with Crippen LogP contribution in [0.5, 0.6) is 0 Å². The number of nitro groups is 1. The SMILES string of the molecule is CCC#Cc1ccc(S(=O)(=O)Cl)cc1[N+](=O)[O-]. The molecule has 90 valence electrons. The highest BCUT2D eigenvalue weighted by atomic mass is 35.7. The van der Waals surface area contributed by atoms with Gasteiger partial charge in [0.1, 0.15) is 5.56 Å². The summed E-state index contributed by atoms with van der Waals surface area (Å²) in [4.78, 5) is 9.76. The summed E-state index contributed by atoms with van der Waals surface area (Å²) in [5, 5.41) is 10.8. The van der Waals surface area contributed by atoms with Gasteiger partial charge in [-0.05, 0) is 12.1 Å². The second-order valence-corrected chi connectivity index (χ2v) is 5.60. The van der Waals surface area contributed by atoms with E-state index in [0.29, 0.717) is 6.42 Å². The number of nitrogens with zero attached hydrogens (tertiary/aromatic N) is 1. The standard InChI is InChI=1S/C10H8ClNO4S/c1-2-3-4-8-5-6-9(17(11,15)16)7-10(8)12(13)14/h5-7H,2H2,1H3. The van der Waals surface area contributed by atoms with E-state index in [4.69, 9.17) is 10.7 Å². The van der Waals surface area contributed by atoms with Crippen molar-refractivity contribution in [2.24, 2.45) is 0 Å². The minimum absolute atomic E-state index is 0.168. The Bertz CT molecular complexity index is 613. The van der Waals surface area contributed by atoms with E-state index in [9.17, 15) is 18.5 Å². The molecular weight excluding hydrogens is 266 g/mol. The van der Waals surface area contributed by atoms with E-state index in [2.05, 4.69) is 11.8 Å². The highest BCUT2D eigenvalue weighted by molar-refractivity contribution is 8.13. The van der Waals surface area contributed by atoms with Crippen LogP contribution in [-0.4, -0.2) is 13.3 Å². The third-order valence-corrected chi connectivity index (χ3v) is 3.20. The van der Waals surface area contributed by atoms with Crippen LogP contribution in [0.15, 0.2) is 23.1 Å². The summed E-state index contributed by atoms with van der Waals surface area (Å²) in [5.74, 6) is 5.27. The molecule has 1 rings (SSSR count). The van der Waals surface area contributed by atoms with Gasteiger partial charge in [0.05, 0.1) is 9.82 Å². The third-order valence-electron chi connectivity index (χ3n) is 1.85. The fraction of sp³-hybridized carbons (Fsp3) is 0.200. The molecule has 1 aromatic rings. The Hall–Kier alpha value is -1.58. The van der Waals surface area contributed by atoms with Crippen LogP contribution in [0.1, 0.15) is 18.9 Å². The van der Waals surface area contributed by atoms with Crippen molar-refractivity contribution in [2.75, 3.05) is 0 Å². The molecule has 0 spiro atoms. The quantitative estimate of drug-likeness (QED) is 0.358. The minimum atomic E-state index is -3.98. The first-order chi connectivity index (χ1) is 7.86. The van der Waals surface area contributed by atoms with Gasteiger partial charge in [0.15, 0.2) is 0 Å². The lowest BCUT2D eigenvalue weighted by molar-refractivity contribution is -0.385. The largest absolute Gasteiger partial charge is 0.286 e. The fourth-order valence-electron chi connectivity index (χ4n) is 1.10. The molecule has 0 radical (unpaired) electrons. The van der Waals surface area contributed by atoms with E-state index in [1.807, 2.05) is 0 Å². The molecule has 5 nitrogen and oxygen atoms in total. The maximum absolute atomic E-state index is 11.0. The van der Waals surface area contributed by atoms with Crippen molar-refractivity contribution in [3.63, 3.8) is 0 Å². The van der Waals surface area contributed by atoms with E-state index < -0.39 is 14.0 Å². The molecule has 0 aromatic heterocycles. The summed E-state index contributed by atoms with van der Waals surface area (Å²) in [6.45, 7) is 1.80. The third kappa shape index (κ3) is 3.44. The van der Waals surface area contributed by atoms with Crippen LogP contribution in [0.2, 0.25) is 0 Å². The highest BCUT2D eigenvalue weighted by Gasteiger charge is 2.18. The van der Waals surface area contributed by atoms with Crippen LogP contribution in [0.25, 0.3) is 0 Å². The van der Waals surface area contributed by atoms with Crippen molar-refractivity contribution in [2.45, 2.75) is 18.2 Å². The van der Waals surface area contributed by atoms with Crippen molar-refractivity contribution >= 4 is 25.4 Å². The summed E-state index contributed by atoms with van der Waals surface area (Å²) < 4.78 is 22.1. The van der Waals surface area contributed by atoms with Crippen molar-refractivity contribution in [1.82, 2.24) is 0 Å². The number of hydrogen-bond acceptors (Lipinski definition) is 4. The fourth-order valence-corrected chi connectivity index (χ4v) is 1.87. The van der Waals surface area contributed by atoms with Crippen LogP contribution in [0.4, 0.5) is 5.69 Å². The predicted molar refractivity (Wildman–Crippen MR) is 63.3 cm³/mol. The highest BCUT2D eigenvalue weighted by Crippen LogP contribution is 2.24. The molecule has 0 aliphatic carbocycles. The summed E-state index contributed by atoms with van der Waals surface area (Å²) in [6, 6.07) is 3.37. The molecule has 0 saturated heterocycles. The Labute approximate surface area is 103 Å². The molecule has 0 saturated carbocycles. The maximum Gasteiger partial charge on any atom is 0.286 e. The second kappa shape index (κ2) is 5.17. The number of halogens is 1. The lowest BCUT2D eigenvalue weighted by Gasteiger charge is -1.98. The zero-order chi connectivity index (χ0) is 13.1. The molecule has 0 heterocycles. The van der Waals surface area contributed by atoms with E-state index in [1.165, 1.54) is 12.1 Å². The van der Waals surface area contributed by atoms with E-state index >= 15 is 0 Å². The van der Waals surface area contributed by atoms with Crippen molar-refractivity contribution in [3.8, 4) is 11.8 Å². The average Bonchev–Trinajstić information content (AvgIpc) is 2.24. The van der Waals surface area contributed by atoms with Crippen LogP contribution >= 0.6 is 10.7 Å². The zero-order valence-corrected chi connectivity index (χ0v) is 10.4. The van der Waals surface area contributed by atoms with Crippen molar-refractivity contribution in [1.29, 1.82) is 0 Å². The molecule has 1 aromatic carbocycles. The van der Waals surface area contributed by atoms with Gasteiger partial charge in [0.25, 0.3) is 14.7 Å². The molecular formula is C10H8ClNO4S. The first kappa shape index (κ1) is 13.5. The lowest BCUT2D eigenvalue weighted by atomic mass is 10.2. The van der Waals surface area contributed by atoms with Gasteiger partial charge in [-0.25, -0.2) is 8.42 Å². The first-order valence-electron chi connectivity index (χ1n) is 4.58. The van der Waals surface area contributed by atoms with Gasteiger partial charge in [0.2, 0.25) is 0 Å². The molecule has 17 heavy (non-hydrogen) atoms. The number of rotatable bonds is 2. The molecule has 7 heteroatoms. The Kier molecular flexibility index (Phi) is 4.10. The van der Waals surface area contributed by atoms with Crippen LogP contribution in [0, 0.1) is 22.0 Å². The van der Waals surface area contributed by atoms with E-state index in [0.717, 1.165) is 6.07 Å². The van der Waals surface area contributed by atoms with Gasteiger partial charge in [-0.3, -0.25) is 10.1 Å². The van der Waals surface area contributed by atoms with Crippen molar-refractivity contribution < 1.29 is 13.3 Å². The van der Waals surface area contributed by atoms with E-state index in [-0.39, 0.29) is 16.1 Å². The predicted octanol–water partition coefficient (Wildman–Crippen LogP) is 2.28. The number of benzene rings is 1.